The Morgan fingerprint density at radius 2 is 2.19 bits per heavy atom. The van der Waals surface area contributed by atoms with Crippen LogP contribution in [0, 0.1) is 6.92 Å². The third kappa shape index (κ3) is 4.29. The molecule has 1 aromatic rings. The summed E-state index contributed by atoms with van der Waals surface area (Å²) < 4.78 is 21.9. The fourth-order valence-electron chi connectivity index (χ4n) is 1.82. The van der Waals surface area contributed by atoms with Gasteiger partial charge < -0.3 is 15.6 Å². The number of hydrogen-bond donors (Lipinski definition) is 3. The summed E-state index contributed by atoms with van der Waals surface area (Å²) in [6.45, 7) is 3.30. The zero-order valence-corrected chi connectivity index (χ0v) is 12.9. The van der Waals surface area contributed by atoms with Gasteiger partial charge in [0.15, 0.2) is 12.3 Å². The molecule has 0 fully saturated rings. The molecule has 0 saturated heterocycles. The van der Waals surface area contributed by atoms with E-state index < -0.39 is 32.4 Å². The zero-order chi connectivity index (χ0) is 16.2. The van der Waals surface area contributed by atoms with Crippen LogP contribution in [0.3, 0.4) is 0 Å². The molecule has 3 unspecified atom stereocenters. The highest BCUT2D eigenvalue weighted by Gasteiger charge is 2.38. The average molecular weight is 320 g/mol. The maximum absolute atomic E-state index is 11.9. The van der Waals surface area contributed by atoms with Crippen LogP contribution in [0.4, 0.5) is 5.82 Å². The first-order valence-corrected chi connectivity index (χ1v) is 7.33. The van der Waals surface area contributed by atoms with Crippen LogP contribution in [0.15, 0.2) is 11.0 Å². The van der Waals surface area contributed by atoms with Gasteiger partial charge in [0.2, 0.25) is 0 Å². The number of aliphatic hydroxyl groups excluding tert-OH is 1. The normalized spacial score (nSPS) is 16.3. The van der Waals surface area contributed by atoms with Crippen LogP contribution in [-0.2, 0) is 13.8 Å². The fraction of sp³-hybridized carbons (Fsp3) is 0.636. The smallest absolute Gasteiger partial charge is 0.390 e. The summed E-state index contributed by atoms with van der Waals surface area (Å²) in [5, 5.41) is 9.94. The van der Waals surface area contributed by atoms with Gasteiger partial charge in [0.1, 0.15) is 5.82 Å². The van der Waals surface area contributed by atoms with Crippen LogP contribution in [0.5, 0.6) is 0 Å². The van der Waals surface area contributed by atoms with Crippen molar-refractivity contribution in [1.29, 1.82) is 0 Å². The summed E-state index contributed by atoms with van der Waals surface area (Å²) in [4.78, 5) is 24.5. The Labute approximate surface area is 122 Å². The van der Waals surface area contributed by atoms with Gasteiger partial charge in [-0.2, -0.15) is 4.98 Å². The molecule has 1 rings (SSSR count). The first kappa shape index (κ1) is 17.7. The van der Waals surface area contributed by atoms with Crippen molar-refractivity contribution in [2.45, 2.75) is 38.7 Å². The Bertz CT molecular complexity index is 563. The SMILES string of the molecule is CC[C@@H](O)C(O[P+](=O)O)C(OC)n1cc(C)c(N)nc1=O. The second kappa shape index (κ2) is 7.58. The van der Waals surface area contributed by atoms with Crippen LogP contribution < -0.4 is 11.4 Å². The van der Waals surface area contributed by atoms with E-state index in [9.17, 15) is 14.5 Å². The van der Waals surface area contributed by atoms with Crippen molar-refractivity contribution in [2.24, 2.45) is 0 Å². The highest BCUT2D eigenvalue weighted by atomic mass is 31.1. The molecule has 0 spiro atoms. The van der Waals surface area contributed by atoms with Crippen LogP contribution in [0.2, 0.25) is 0 Å². The minimum Gasteiger partial charge on any atom is -0.390 e. The summed E-state index contributed by atoms with van der Waals surface area (Å²) in [6, 6.07) is 0. The number of hydrogen-bond acceptors (Lipinski definition) is 7. The molecule has 0 radical (unpaired) electrons. The molecule has 1 heterocycles. The lowest BCUT2D eigenvalue weighted by Crippen LogP contribution is -2.41. The first-order chi connectivity index (χ1) is 9.81. The van der Waals surface area contributed by atoms with Gasteiger partial charge >= 0.3 is 13.9 Å². The van der Waals surface area contributed by atoms with Crippen LogP contribution in [0.25, 0.3) is 0 Å². The number of rotatable bonds is 7. The van der Waals surface area contributed by atoms with E-state index in [2.05, 4.69) is 4.98 Å². The van der Waals surface area contributed by atoms with Crippen molar-refractivity contribution in [3.05, 3.63) is 22.2 Å². The maximum Gasteiger partial charge on any atom is 0.695 e. The molecule has 21 heavy (non-hydrogen) atoms. The van der Waals surface area contributed by atoms with E-state index in [1.807, 2.05) is 0 Å². The van der Waals surface area contributed by atoms with Gasteiger partial charge in [0, 0.05) is 23.4 Å². The van der Waals surface area contributed by atoms with Crippen molar-refractivity contribution in [1.82, 2.24) is 9.55 Å². The molecule has 0 aliphatic rings. The van der Waals surface area contributed by atoms with E-state index in [4.69, 9.17) is 19.9 Å². The van der Waals surface area contributed by atoms with E-state index in [1.165, 1.54) is 13.3 Å². The van der Waals surface area contributed by atoms with Gasteiger partial charge in [0.05, 0.1) is 6.10 Å². The quantitative estimate of drug-likeness (QED) is 0.601. The number of nitrogens with two attached hydrogens (primary N) is 1. The molecule has 0 aliphatic heterocycles. The number of aryl methyl sites for hydroxylation is 1. The first-order valence-electron chi connectivity index (χ1n) is 6.20. The summed E-state index contributed by atoms with van der Waals surface area (Å²) in [5.74, 6) is 0.0767. The van der Waals surface area contributed by atoms with Crippen molar-refractivity contribution < 1.29 is 23.8 Å². The second-order valence-corrected chi connectivity index (χ2v) is 5.10. The Morgan fingerprint density at radius 3 is 2.67 bits per heavy atom. The summed E-state index contributed by atoms with van der Waals surface area (Å²) in [7, 11) is -1.70. The molecule has 4 atom stereocenters. The minimum absolute atomic E-state index is 0.0767. The highest BCUT2D eigenvalue weighted by molar-refractivity contribution is 7.32. The van der Waals surface area contributed by atoms with Gasteiger partial charge in [-0.3, -0.25) is 4.57 Å². The second-order valence-electron chi connectivity index (χ2n) is 4.41. The largest absolute Gasteiger partial charge is 0.695 e. The van der Waals surface area contributed by atoms with Gasteiger partial charge in [-0.1, -0.05) is 6.92 Å². The summed E-state index contributed by atoms with van der Waals surface area (Å²) in [5.41, 5.74) is 5.35. The highest BCUT2D eigenvalue weighted by Crippen LogP contribution is 2.28. The fourth-order valence-corrected chi connectivity index (χ4v) is 2.27. The minimum atomic E-state index is -2.98. The number of ether oxygens (including phenoxy) is 1. The van der Waals surface area contributed by atoms with Crippen LogP contribution in [-0.4, -0.2) is 38.9 Å². The molecule has 0 bridgehead atoms. The predicted octanol–water partition coefficient (Wildman–Crippen LogP) is 0.0847. The molecule has 10 heteroatoms. The Hall–Kier alpha value is -1.38. The van der Waals surface area contributed by atoms with Gasteiger partial charge in [0.25, 0.3) is 0 Å². The lowest BCUT2D eigenvalue weighted by Gasteiger charge is -2.26. The van der Waals surface area contributed by atoms with E-state index >= 15 is 0 Å². The number of aromatic nitrogens is 2. The van der Waals surface area contributed by atoms with Crippen molar-refractivity contribution in [3.8, 4) is 0 Å². The lowest BCUT2D eigenvalue weighted by molar-refractivity contribution is -0.0994. The third-order valence-electron chi connectivity index (χ3n) is 2.98. The molecule has 0 aromatic carbocycles. The zero-order valence-electron chi connectivity index (χ0n) is 12.0. The van der Waals surface area contributed by atoms with Crippen LogP contribution in [0.1, 0.15) is 25.1 Å². The van der Waals surface area contributed by atoms with Crippen LogP contribution >= 0.6 is 8.25 Å². The number of nitrogen functional groups attached to an aromatic ring is 1. The van der Waals surface area contributed by atoms with Crippen molar-refractivity contribution in [2.75, 3.05) is 12.8 Å². The molecule has 0 amide bonds. The number of nitrogens with zero attached hydrogens (tertiary/aromatic N) is 2. The standard InChI is InChI=1S/C11H18N3O6P/c1-4-7(15)8(20-21(17)18)10(19-3)14-5-6(2)9(12)13-11(14)16/h5,7-8,10,15H,4H2,1-3H3,(H2-,12,13,16,17,18)/p+1/t7-,8?,10?/m1/s1. The van der Waals surface area contributed by atoms with E-state index in [0.29, 0.717) is 5.56 Å². The molecular weight excluding hydrogens is 301 g/mol. The Kier molecular flexibility index (Phi) is 6.38. The molecule has 9 nitrogen and oxygen atoms in total. The molecular formula is C11H19N3O6P+. The van der Waals surface area contributed by atoms with Gasteiger partial charge in [-0.25, -0.2) is 4.79 Å². The number of aliphatic hydroxyl groups is 1. The molecule has 0 aliphatic carbocycles. The third-order valence-corrected chi connectivity index (χ3v) is 3.40. The van der Waals surface area contributed by atoms with E-state index in [1.54, 1.807) is 13.8 Å². The molecule has 4 N–H and O–H groups in total. The number of anilines is 1. The molecule has 0 saturated carbocycles. The predicted molar refractivity (Wildman–Crippen MR) is 74.7 cm³/mol. The topological polar surface area (TPSA) is 137 Å². The monoisotopic (exact) mass is 320 g/mol. The van der Waals surface area contributed by atoms with Gasteiger partial charge in [-0.05, 0) is 13.3 Å². The Morgan fingerprint density at radius 1 is 1.57 bits per heavy atom. The average Bonchev–Trinajstić information content (AvgIpc) is 2.42. The van der Waals surface area contributed by atoms with E-state index in [-0.39, 0.29) is 12.2 Å². The van der Waals surface area contributed by atoms with E-state index in [0.717, 1.165) is 4.57 Å². The summed E-state index contributed by atoms with van der Waals surface area (Å²) >= 11 is 0. The molecule has 118 valence electrons. The molecule has 1 aromatic heterocycles. The lowest BCUT2D eigenvalue weighted by atomic mass is 10.1. The maximum atomic E-state index is 11.9. The summed E-state index contributed by atoms with van der Waals surface area (Å²) in [6.07, 6.45) is -1.81. The van der Waals surface area contributed by atoms with Gasteiger partial charge in [-0.15, -0.1) is 9.42 Å². The Balaban J connectivity index is 3.28. The van der Waals surface area contributed by atoms with Crippen molar-refractivity contribution >= 4 is 14.1 Å². The number of methoxy groups -OCH3 is 1. The van der Waals surface area contributed by atoms with Crippen molar-refractivity contribution in [3.63, 3.8) is 0 Å².